The fourth-order valence-corrected chi connectivity index (χ4v) is 2.64. The lowest BCUT2D eigenvalue weighted by Gasteiger charge is -2.31. The van der Waals surface area contributed by atoms with Crippen LogP contribution in [0.2, 0.25) is 0 Å². The van der Waals surface area contributed by atoms with Crippen molar-refractivity contribution in [2.45, 2.75) is 12.8 Å². The highest BCUT2D eigenvalue weighted by molar-refractivity contribution is 5.72. The van der Waals surface area contributed by atoms with E-state index >= 15 is 0 Å². The number of hydrogen-bond acceptors (Lipinski definition) is 6. The Bertz CT molecular complexity index is 685. The smallest absolute Gasteiger partial charge is 0.306 e. The van der Waals surface area contributed by atoms with Crippen molar-refractivity contribution >= 4 is 17.5 Å². The standard InChI is InChI=1S/C16H18N4O3/c17-13-14(20-8-6-11(7-9-20)16(21)22)18-10-19-15(13)23-12-4-2-1-3-5-12/h1-5,10-11H,6-9,17H2,(H,21,22). The van der Waals surface area contributed by atoms with E-state index in [1.54, 1.807) is 0 Å². The maximum Gasteiger partial charge on any atom is 0.306 e. The molecule has 7 nitrogen and oxygen atoms in total. The summed E-state index contributed by atoms with van der Waals surface area (Å²) in [5.41, 5.74) is 6.51. The lowest BCUT2D eigenvalue weighted by molar-refractivity contribution is -0.142. The minimum absolute atomic E-state index is 0.297. The second-order valence-electron chi connectivity index (χ2n) is 5.43. The second kappa shape index (κ2) is 6.51. The summed E-state index contributed by atoms with van der Waals surface area (Å²) in [6.45, 7) is 1.20. The van der Waals surface area contributed by atoms with Crippen LogP contribution in [0.1, 0.15) is 12.8 Å². The average molecular weight is 314 g/mol. The Morgan fingerprint density at radius 3 is 2.57 bits per heavy atom. The Labute approximate surface area is 133 Å². The molecule has 2 aromatic rings. The van der Waals surface area contributed by atoms with Gasteiger partial charge in [0.2, 0.25) is 5.88 Å². The number of hydrogen-bond donors (Lipinski definition) is 2. The van der Waals surface area contributed by atoms with Crippen LogP contribution in [0.4, 0.5) is 11.5 Å². The van der Waals surface area contributed by atoms with Crippen LogP contribution in [0.5, 0.6) is 11.6 Å². The number of piperidine rings is 1. The highest BCUT2D eigenvalue weighted by atomic mass is 16.5. The number of nitrogens with two attached hydrogens (primary N) is 1. The maximum absolute atomic E-state index is 11.0. The summed E-state index contributed by atoms with van der Waals surface area (Å²) >= 11 is 0. The number of benzene rings is 1. The summed E-state index contributed by atoms with van der Waals surface area (Å²) in [4.78, 5) is 21.3. The molecule has 0 unspecified atom stereocenters. The van der Waals surface area contributed by atoms with Crippen molar-refractivity contribution in [1.29, 1.82) is 0 Å². The number of carboxylic acids is 1. The third-order valence-electron chi connectivity index (χ3n) is 3.93. The van der Waals surface area contributed by atoms with Crippen LogP contribution >= 0.6 is 0 Å². The van der Waals surface area contributed by atoms with Crippen molar-refractivity contribution in [1.82, 2.24) is 9.97 Å². The molecule has 1 aromatic heterocycles. The van der Waals surface area contributed by atoms with Gasteiger partial charge in [-0.1, -0.05) is 18.2 Å². The number of nitrogen functional groups attached to an aromatic ring is 1. The number of carbonyl (C=O) groups is 1. The molecular formula is C16H18N4O3. The van der Waals surface area contributed by atoms with Crippen molar-refractivity contribution in [3.05, 3.63) is 36.7 Å². The van der Waals surface area contributed by atoms with Crippen LogP contribution in [-0.4, -0.2) is 34.1 Å². The van der Waals surface area contributed by atoms with Gasteiger partial charge in [0.1, 0.15) is 17.8 Å². The van der Waals surface area contributed by atoms with E-state index in [4.69, 9.17) is 15.6 Å². The number of rotatable bonds is 4. The van der Waals surface area contributed by atoms with Gasteiger partial charge in [0.25, 0.3) is 0 Å². The van der Waals surface area contributed by atoms with Crippen LogP contribution in [-0.2, 0) is 4.79 Å². The van der Waals surface area contributed by atoms with Crippen LogP contribution in [0.3, 0.4) is 0 Å². The lowest BCUT2D eigenvalue weighted by Crippen LogP contribution is -2.37. The fourth-order valence-electron chi connectivity index (χ4n) is 2.64. The highest BCUT2D eigenvalue weighted by Gasteiger charge is 2.26. The fraction of sp³-hybridized carbons (Fsp3) is 0.312. The first-order valence-electron chi connectivity index (χ1n) is 7.46. The molecule has 120 valence electrons. The first kappa shape index (κ1) is 15.1. The molecular weight excluding hydrogens is 296 g/mol. The second-order valence-corrected chi connectivity index (χ2v) is 5.43. The minimum atomic E-state index is -0.742. The molecule has 1 fully saturated rings. The van der Waals surface area contributed by atoms with Crippen LogP contribution in [0, 0.1) is 5.92 Å². The van der Waals surface area contributed by atoms with Gasteiger partial charge in [0.05, 0.1) is 5.92 Å². The van der Waals surface area contributed by atoms with E-state index in [9.17, 15) is 4.79 Å². The number of para-hydroxylation sites is 1. The Hall–Kier alpha value is -2.83. The molecule has 0 saturated carbocycles. The number of anilines is 2. The zero-order valence-corrected chi connectivity index (χ0v) is 12.6. The van der Waals surface area contributed by atoms with Crippen LogP contribution < -0.4 is 15.4 Å². The Morgan fingerprint density at radius 2 is 1.91 bits per heavy atom. The largest absolute Gasteiger partial charge is 0.481 e. The van der Waals surface area contributed by atoms with Crippen molar-refractivity contribution in [3.63, 3.8) is 0 Å². The SMILES string of the molecule is Nc1c(Oc2ccccc2)ncnc1N1CCC(C(=O)O)CC1. The van der Waals surface area contributed by atoms with Gasteiger partial charge in [0.15, 0.2) is 5.82 Å². The minimum Gasteiger partial charge on any atom is -0.481 e. The van der Waals surface area contributed by atoms with Crippen molar-refractivity contribution in [3.8, 4) is 11.6 Å². The molecule has 0 amide bonds. The van der Waals surface area contributed by atoms with Crippen molar-refractivity contribution < 1.29 is 14.6 Å². The molecule has 0 atom stereocenters. The van der Waals surface area contributed by atoms with Gasteiger partial charge < -0.3 is 20.5 Å². The van der Waals surface area contributed by atoms with Crippen molar-refractivity contribution in [2.24, 2.45) is 5.92 Å². The number of ether oxygens (including phenoxy) is 1. The molecule has 0 bridgehead atoms. The van der Waals surface area contributed by atoms with E-state index in [0.29, 0.717) is 49.1 Å². The van der Waals surface area contributed by atoms with Gasteiger partial charge in [-0.15, -0.1) is 0 Å². The van der Waals surface area contributed by atoms with E-state index in [-0.39, 0.29) is 5.92 Å². The van der Waals surface area contributed by atoms with Gasteiger partial charge in [-0.05, 0) is 25.0 Å². The van der Waals surface area contributed by atoms with Gasteiger partial charge in [-0.25, -0.2) is 4.98 Å². The normalized spacial score (nSPS) is 15.4. The summed E-state index contributed by atoms with van der Waals surface area (Å²) in [5, 5.41) is 9.07. The molecule has 1 saturated heterocycles. The van der Waals surface area contributed by atoms with Crippen LogP contribution in [0.15, 0.2) is 36.7 Å². The first-order valence-corrected chi connectivity index (χ1v) is 7.46. The van der Waals surface area contributed by atoms with E-state index in [1.807, 2.05) is 35.2 Å². The third kappa shape index (κ3) is 3.33. The average Bonchev–Trinajstić information content (AvgIpc) is 2.58. The molecule has 1 aromatic carbocycles. The number of aromatic nitrogens is 2. The molecule has 23 heavy (non-hydrogen) atoms. The molecule has 3 rings (SSSR count). The van der Waals surface area contributed by atoms with E-state index < -0.39 is 5.97 Å². The first-order chi connectivity index (χ1) is 11.1. The molecule has 3 N–H and O–H groups in total. The van der Waals surface area contributed by atoms with Gasteiger partial charge in [-0.2, -0.15) is 4.98 Å². The molecule has 2 heterocycles. The quantitative estimate of drug-likeness (QED) is 0.891. The Morgan fingerprint density at radius 1 is 1.22 bits per heavy atom. The van der Waals surface area contributed by atoms with Gasteiger partial charge in [-0.3, -0.25) is 4.79 Å². The van der Waals surface area contributed by atoms with Gasteiger partial charge >= 0.3 is 5.97 Å². The molecule has 1 aliphatic heterocycles. The zero-order valence-electron chi connectivity index (χ0n) is 12.6. The molecule has 1 aliphatic rings. The topological polar surface area (TPSA) is 102 Å². The number of aliphatic carboxylic acids is 1. The molecule has 7 heteroatoms. The maximum atomic E-state index is 11.0. The third-order valence-corrected chi connectivity index (χ3v) is 3.93. The summed E-state index contributed by atoms with van der Waals surface area (Å²) < 4.78 is 5.70. The molecule has 0 aliphatic carbocycles. The van der Waals surface area contributed by atoms with Crippen LogP contribution in [0.25, 0.3) is 0 Å². The lowest BCUT2D eigenvalue weighted by atomic mass is 9.97. The highest BCUT2D eigenvalue weighted by Crippen LogP contribution is 2.33. The number of carboxylic acid groups (broad SMARTS) is 1. The summed E-state index contributed by atoms with van der Waals surface area (Å²) in [5.74, 6) is 0.507. The molecule has 0 spiro atoms. The Balaban J connectivity index is 1.76. The molecule has 0 radical (unpaired) electrons. The predicted octanol–water partition coefficient (Wildman–Crippen LogP) is 2.15. The number of nitrogens with zero attached hydrogens (tertiary/aromatic N) is 3. The monoisotopic (exact) mass is 314 g/mol. The Kier molecular flexibility index (Phi) is 4.27. The van der Waals surface area contributed by atoms with E-state index in [0.717, 1.165) is 0 Å². The van der Waals surface area contributed by atoms with Gasteiger partial charge in [0, 0.05) is 13.1 Å². The summed E-state index contributed by atoms with van der Waals surface area (Å²) in [6, 6.07) is 9.27. The van der Waals surface area contributed by atoms with E-state index in [1.165, 1.54) is 6.33 Å². The zero-order chi connectivity index (χ0) is 16.2. The van der Waals surface area contributed by atoms with E-state index in [2.05, 4.69) is 9.97 Å². The van der Waals surface area contributed by atoms with Crippen molar-refractivity contribution in [2.75, 3.05) is 23.7 Å². The summed E-state index contributed by atoms with van der Waals surface area (Å²) in [7, 11) is 0. The predicted molar refractivity (Wildman–Crippen MR) is 85.5 cm³/mol. The summed E-state index contributed by atoms with van der Waals surface area (Å²) in [6.07, 6.45) is 2.56.